The number of nitrogens with one attached hydrogen (secondary N) is 2. The number of allylic oxidation sites excluding steroid dienone is 2. The van der Waals surface area contributed by atoms with Gasteiger partial charge in [0.25, 0.3) is 0 Å². The first-order valence-corrected chi connectivity index (χ1v) is 17.1. The van der Waals surface area contributed by atoms with Crippen LogP contribution in [0.3, 0.4) is 0 Å². The van der Waals surface area contributed by atoms with Crippen LogP contribution in [0.15, 0.2) is 89.2 Å². The Balaban J connectivity index is 1.54. The lowest BCUT2D eigenvalue weighted by Gasteiger charge is -2.24. The number of aromatic nitrogens is 1. The number of rotatable bonds is 23. The fraction of sp³-hybridized carbons (Fsp3) is 0.417. The van der Waals surface area contributed by atoms with Crippen LogP contribution in [0, 0.1) is 0 Å². The van der Waals surface area contributed by atoms with E-state index in [4.69, 9.17) is 26.4 Å². The van der Waals surface area contributed by atoms with Crippen LogP contribution in [0.5, 0.6) is 0 Å². The molecule has 0 fully saturated rings. The van der Waals surface area contributed by atoms with Crippen LogP contribution >= 0.6 is 24.4 Å². The Morgan fingerprint density at radius 2 is 1.75 bits per heavy atom. The second-order valence-electron chi connectivity index (χ2n) is 11.4. The molecule has 0 saturated heterocycles. The van der Waals surface area contributed by atoms with E-state index in [0.717, 1.165) is 92.2 Å². The molecule has 12 heteroatoms. The van der Waals surface area contributed by atoms with Crippen molar-refractivity contribution in [3.8, 4) is 11.3 Å². The molecule has 1 atom stereocenters. The Labute approximate surface area is 295 Å². The van der Waals surface area contributed by atoms with E-state index in [-0.39, 0.29) is 19.6 Å². The van der Waals surface area contributed by atoms with Gasteiger partial charge < -0.3 is 30.0 Å². The molecule has 0 aliphatic rings. The molecule has 4 N–H and O–H groups in total. The molecule has 258 valence electrons. The fourth-order valence-electron chi connectivity index (χ4n) is 5.04. The summed E-state index contributed by atoms with van der Waals surface area (Å²) in [5, 5.41) is 28.7. The van der Waals surface area contributed by atoms with Gasteiger partial charge >= 0.3 is 0 Å². The second-order valence-corrected chi connectivity index (χ2v) is 12.0. The summed E-state index contributed by atoms with van der Waals surface area (Å²) < 4.78 is 11.4. The average molecular weight is 693 g/mol. The van der Waals surface area contributed by atoms with Gasteiger partial charge in [0.15, 0.2) is 5.11 Å². The van der Waals surface area contributed by atoms with Crippen molar-refractivity contribution in [3.63, 3.8) is 0 Å². The number of aliphatic hydroxyl groups excluding tert-OH is 2. The van der Waals surface area contributed by atoms with Gasteiger partial charge in [-0.1, -0.05) is 25.5 Å². The van der Waals surface area contributed by atoms with Gasteiger partial charge in [-0.3, -0.25) is 14.8 Å². The summed E-state index contributed by atoms with van der Waals surface area (Å²) in [5.41, 5.74) is 4.24. The van der Waals surface area contributed by atoms with E-state index in [2.05, 4.69) is 57.5 Å². The second kappa shape index (κ2) is 22.8. The third kappa shape index (κ3) is 15.0. The summed E-state index contributed by atoms with van der Waals surface area (Å²) in [5.74, 6) is 0.752. The molecule has 0 spiro atoms. The first-order valence-electron chi connectivity index (χ1n) is 16.3. The van der Waals surface area contributed by atoms with E-state index < -0.39 is 0 Å². The van der Waals surface area contributed by atoms with Crippen LogP contribution < -0.4 is 10.6 Å². The van der Waals surface area contributed by atoms with E-state index in [1.54, 1.807) is 24.7 Å². The molecule has 3 rings (SSSR count). The Morgan fingerprint density at radius 3 is 2.42 bits per heavy atom. The van der Waals surface area contributed by atoms with Crippen molar-refractivity contribution < 1.29 is 19.4 Å². The number of aliphatic hydroxyl groups is 2. The lowest BCUT2D eigenvalue weighted by Crippen LogP contribution is -2.29. The predicted molar refractivity (Wildman–Crippen MR) is 200 cm³/mol. The smallest absolute Gasteiger partial charge is 0.170 e. The first-order chi connectivity index (χ1) is 23.4. The molecule has 2 heterocycles. The van der Waals surface area contributed by atoms with Gasteiger partial charge in [-0.15, -0.1) is 0 Å². The van der Waals surface area contributed by atoms with Gasteiger partial charge in [0.05, 0.1) is 54.3 Å². The van der Waals surface area contributed by atoms with Crippen molar-refractivity contribution in [1.29, 1.82) is 0 Å². The van der Waals surface area contributed by atoms with Crippen LogP contribution in [0.25, 0.3) is 11.3 Å². The molecule has 10 nitrogen and oxygen atoms in total. The highest BCUT2D eigenvalue weighted by Crippen LogP contribution is 2.23. The summed E-state index contributed by atoms with van der Waals surface area (Å²) in [6, 6.07) is 15.3. The van der Waals surface area contributed by atoms with Crippen molar-refractivity contribution in [2.75, 3.05) is 38.4 Å². The normalized spacial score (nSPS) is 11.9. The van der Waals surface area contributed by atoms with Gasteiger partial charge in [-0.2, -0.15) is 4.99 Å². The standard InChI is InChI=1S/C36H48N6O4S2/c1-3-4-20-45-29(2)11-9-19-41(18-8-6-5-7-17-37-36(48)40-32-15-13-31(14-16-32)38-26-47)24-33-22-30(35-12-10-21-46-35)23-34(39-33)25-42(27-43)28-44/h3-4,10,12-16,20-23,29,43-44H,1,5-9,11,17-19,24-25,27-28H2,2H3,(H2,37,40,48)/b20-4-. The Kier molecular flexibility index (Phi) is 18.4. The lowest BCUT2D eigenvalue weighted by molar-refractivity contribution is 0.0225. The summed E-state index contributed by atoms with van der Waals surface area (Å²) in [7, 11) is 0. The minimum absolute atomic E-state index is 0.107. The zero-order chi connectivity index (χ0) is 34.4. The fourth-order valence-corrected chi connectivity index (χ4v) is 5.36. The molecular formula is C36H48N6O4S2. The van der Waals surface area contributed by atoms with E-state index in [0.29, 0.717) is 18.2 Å². The Hall–Kier alpha value is -3.74. The predicted octanol–water partition coefficient (Wildman–Crippen LogP) is 7.01. The minimum atomic E-state index is -0.260. The van der Waals surface area contributed by atoms with Gasteiger partial charge in [0.1, 0.15) is 5.76 Å². The van der Waals surface area contributed by atoms with Crippen LogP contribution in [-0.2, 0) is 17.8 Å². The highest BCUT2D eigenvalue weighted by Gasteiger charge is 2.14. The quantitative estimate of drug-likeness (QED) is 0.0205. The summed E-state index contributed by atoms with van der Waals surface area (Å²) in [6.07, 6.45) is 13.1. The van der Waals surface area contributed by atoms with Crippen LogP contribution in [-0.4, -0.2) is 74.5 Å². The molecule has 0 amide bonds. The Bertz CT molecular complexity index is 1440. The van der Waals surface area contributed by atoms with Crippen LogP contribution in [0.4, 0.5) is 11.4 Å². The first kappa shape index (κ1) is 38.7. The number of benzene rings is 1. The third-order valence-corrected chi connectivity index (χ3v) is 7.84. The number of furan rings is 1. The number of thiocarbonyl (C=S) groups is 2. The number of unbranched alkanes of at least 4 members (excludes halogenated alkanes) is 3. The van der Waals surface area contributed by atoms with E-state index in [1.807, 2.05) is 42.5 Å². The average Bonchev–Trinajstić information content (AvgIpc) is 3.63. The number of aliphatic imine (C=N–C) groups is 1. The number of hydrogen-bond acceptors (Lipinski definition) is 10. The zero-order valence-corrected chi connectivity index (χ0v) is 29.4. The summed E-state index contributed by atoms with van der Waals surface area (Å²) >= 11 is 10.1. The Morgan fingerprint density at radius 1 is 1.04 bits per heavy atom. The number of pyridine rings is 1. The SMILES string of the molecule is C=C/C=C\OC(C)CCCN(CCCCCCNC(=S)Nc1ccc(N=C=S)cc1)Cc1cc(-c2ccco2)cc(CN(CO)CO)n1. The maximum atomic E-state index is 9.62. The van der Waals surface area contributed by atoms with Crippen molar-refractivity contribution in [2.45, 2.75) is 64.6 Å². The number of anilines is 1. The molecule has 48 heavy (non-hydrogen) atoms. The van der Waals surface area contributed by atoms with Crippen molar-refractivity contribution in [1.82, 2.24) is 20.1 Å². The van der Waals surface area contributed by atoms with Gasteiger partial charge in [0.2, 0.25) is 0 Å². The van der Waals surface area contributed by atoms with Crippen molar-refractivity contribution in [3.05, 3.63) is 91.2 Å². The van der Waals surface area contributed by atoms with Crippen molar-refractivity contribution >= 4 is 46.1 Å². The molecule has 0 saturated carbocycles. The molecular weight excluding hydrogens is 645 g/mol. The summed E-state index contributed by atoms with van der Waals surface area (Å²) in [4.78, 5) is 12.8. The van der Waals surface area contributed by atoms with Crippen molar-refractivity contribution in [2.24, 2.45) is 4.99 Å². The number of isothiocyanates is 1. The number of ether oxygens (including phenoxy) is 1. The summed E-state index contributed by atoms with van der Waals surface area (Å²) in [6.45, 7) is 8.88. The zero-order valence-electron chi connectivity index (χ0n) is 27.7. The van der Waals surface area contributed by atoms with E-state index >= 15 is 0 Å². The van der Waals surface area contributed by atoms with Gasteiger partial charge in [-0.05, 0) is 125 Å². The minimum Gasteiger partial charge on any atom is -0.498 e. The molecule has 1 unspecified atom stereocenters. The highest BCUT2D eigenvalue weighted by molar-refractivity contribution is 7.80. The number of nitrogens with zero attached hydrogens (tertiary/aromatic N) is 4. The number of hydrogen-bond donors (Lipinski definition) is 4. The van der Waals surface area contributed by atoms with Crippen LogP contribution in [0.1, 0.15) is 56.8 Å². The van der Waals surface area contributed by atoms with E-state index in [1.165, 1.54) is 4.90 Å². The van der Waals surface area contributed by atoms with Gasteiger partial charge in [-0.25, -0.2) is 0 Å². The van der Waals surface area contributed by atoms with E-state index in [9.17, 15) is 10.2 Å². The molecule has 2 aromatic heterocycles. The molecule has 0 aliphatic heterocycles. The molecule has 0 bridgehead atoms. The molecule has 3 aromatic rings. The molecule has 0 aliphatic carbocycles. The lowest BCUT2D eigenvalue weighted by atomic mass is 10.1. The van der Waals surface area contributed by atoms with Gasteiger partial charge in [0, 0.05) is 30.9 Å². The van der Waals surface area contributed by atoms with Crippen LogP contribution in [0.2, 0.25) is 0 Å². The largest absolute Gasteiger partial charge is 0.498 e. The molecule has 0 radical (unpaired) electrons. The topological polar surface area (TPSA) is 119 Å². The third-order valence-electron chi connectivity index (χ3n) is 7.51. The maximum Gasteiger partial charge on any atom is 0.170 e. The highest BCUT2D eigenvalue weighted by atomic mass is 32.1. The molecule has 1 aromatic carbocycles. The monoisotopic (exact) mass is 692 g/mol. The maximum absolute atomic E-state index is 9.62.